The van der Waals surface area contributed by atoms with E-state index in [9.17, 15) is 9.59 Å². The van der Waals surface area contributed by atoms with Crippen LogP contribution in [0.15, 0.2) is 67.0 Å². The molecule has 0 atom stereocenters. The molecule has 0 saturated heterocycles. The summed E-state index contributed by atoms with van der Waals surface area (Å²) in [5.74, 6) is -0.599. The van der Waals surface area contributed by atoms with Gasteiger partial charge in [0, 0.05) is 6.54 Å². The van der Waals surface area contributed by atoms with Crippen molar-refractivity contribution >= 4 is 28.8 Å². The Balaban J connectivity index is 1.39. The van der Waals surface area contributed by atoms with Gasteiger partial charge in [-0.3, -0.25) is 9.59 Å². The van der Waals surface area contributed by atoms with E-state index < -0.39 is 0 Å². The summed E-state index contributed by atoms with van der Waals surface area (Å²) >= 11 is 1.33. The maximum atomic E-state index is 12.7. The van der Waals surface area contributed by atoms with E-state index in [4.69, 9.17) is 4.74 Å². The predicted octanol–water partition coefficient (Wildman–Crippen LogP) is 2.98. The van der Waals surface area contributed by atoms with Gasteiger partial charge >= 0.3 is 0 Å². The number of para-hydroxylation sites is 1. The summed E-state index contributed by atoms with van der Waals surface area (Å²) < 4.78 is 6.51. The molecule has 2 heterocycles. The van der Waals surface area contributed by atoms with Crippen LogP contribution in [0.4, 0.5) is 5.69 Å². The average molecular weight is 449 g/mol. The Labute approximate surface area is 188 Å². The molecular weight excluding hydrogens is 428 g/mol. The second kappa shape index (κ2) is 9.84. The number of thiazole rings is 1. The van der Waals surface area contributed by atoms with Crippen molar-refractivity contribution in [1.82, 2.24) is 25.3 Å². The van der Waals surface area contributed by atoms with E-state index in [1.165, 1.54) is 16.0 Å². The lowest BCUT2D eigenvalue weighted by Gasteiger charge is -2.11. The summed E-state index contributed by atoms with van der Waals surface area (Å²) in [6.07, 6.45) is 3.30. The number of hydrogen-bond donors (Lipinski definition) is 2. The summed E-state index contributed by atoms with van der Waals surface area (Å²) in [5, 5.41) is 14.3. The van der Waals surface area contributed by atoms with Gasteiger partial charge in [0.2, 0.25) is 5.91 Å². The number of nitrogens with one attached hydrogen (secondary N) is 2. The zero-order chi connectivity index (χ0) is 22.3. The van der Waals surface area contributed by atoms with E-state index in [1.807, 2.05) is 30.3 Å². The lowest BCUT2D eigenvalue weighted by atomic mass is 10.1. The molecule has 162 valence electrons. The minimum atomic E-state index is -0.327. The Morgan fingerprint density at radius 3 is 2.66 bits per heavy atom. The number of benzene rings is 2. The van der Waals surface area contributed by atoms with Crippen LogP contribution in [0.25, 0.3) is 10.6 Å². The number of methoxy groups -OCH3 is 1. The molecule has 0 unspecified atom stereocenters. The third-order valence-corrected chi connectivity index (χ3v) is 5.48. The van der Waals surface area contributed by atoms with Crippen LogP contribution in [0.2, 0.25) is 0 Å². The van der Waals surface area contributed by atoms with Gasteiger partial charge < -0.3 is 15.4 Å². The molecule has 0 aliphatic heterocycles. The van der Waals surface area contributed by atoms with Crippen molar-refractivity contribution in [2.24, 2.45) is 0 Å². The monoisotopic (exact) mass is 448 g/mol. The van der Waals surface area contributed by atoms with E-state index in [-0.39, 0.29) is 18.4 Å². The van der Waals surface area contributed by atoms with Crippen molar-refractivity contribution < 1.29 is 14.3 Å². The Kier molecular flexibility index (Phi) is 6.52. The molecule has 0 bridgehead atoms. The second-order valence-electron chi connectivity index (χ2n) is 6.76. The molecule has 0 saturated carbocycles. The van der Waals surface area contributed by atoms with Crippen molar-refractivity contribution in [2.75, 3.05) is 12.4 Å². The number of hydrogen-bond acceptors (Lipinski definition) is 7. The highest BCUT2D eigenvalue weighted by Crippen LogP contribution is 2.28. The molecule has 0 fully saturated rings. The highest BCUT2D eigenvalue weighted by atomic mass is 32.1. The van der Waals surface area contributed by atoms with Gasteiger partial charge in [-0.2, -0.15) is 0 Å². The van der Waals surface area contributed by atoms with Gasteiger partial charge in [0.25, 0.3) is 11.1 Å². The molecule has 2 aromatic carbocycles. The highest BCUT2D eigenvalue weighted by molar-refractivity contribution is 7.16. The minimum absolute atomic E-state index is 0.0527. The number of anilines is 1. The molecule has 10 heteroatoms. The molecule has 32 heavy (non-hydrogen) atoms. The van der Waals surface area contributed by atoms with Gasteiger partial charge in [-0.05, 0) is 17.7 Å². The summed E-state index contributed by atoms with van der Waals surface area (Å²) in [5.41, 5.74) is 2.39. The van der Waals surface area contributed by atoms with Crippen LogP contribution in [0.3, 0.4) is 0 Å². The second-order valence-corrected chi connectivity index (χ2v) is 7.75. The van der Waals surface area contributed by atoms with Gasteiger partial charge in [0.1, 0.15) is 12.2 Å². The number of carbonyl (C=O) groups excluding carboxylic acids is 2. The number of nitrogens with zero attached hydrogens (tertiary/aromatic N) is 4. The van der Waals surface area contributed by atoms with Crippen molar-refractivity contribution in [3.8, 4) is 15.8 Å². The number of rotatable bonds is 8. The van der Waals surface area contributed by atoms with Gasteiger partial charge in [-0.15, -0.1) is 5.10 Å². The first-order valence-corrected chi connectivity index (χ1v) is 10.6. The van der Waals surface area contributed by atoms with Gasteiger partial charge in [0.05, 0.1) is 35.6 Å². The fourth-order valence-electron chi connectivity index (χ4n) is 2.96. The summed E-state index contributed by atoms with van der Waals surface area (Å²) in [6.45, 7) is 0.342. The lowest BCUT2D eigenvalue weighted by Crippen LogP contribution is -2.26. The van der Waals surface area contributed by atoms with Crippen molar-refractivity contribution in [1.29, 1.82) is 0 Å². The number of ether oxygens (including phenoxy) is 1. The van der Waals surface area contributed by atoms with Crippen LogP contribution in [0, 0.1) is 0 Å². The maximum Gasteiger partial charge on any atom is 0.273 e. The molecule has 0 aliphatic carbocycles. The van der Waals surface area contributed by atoms with Crippen LogP contribution in [0.1, 0.15) is 15.9 Å². The largest absolute Gasteiger partial charge is 0.473 e. The Hall–Kier alpha value is -4.05. The molecule has 0 spiro atoms. The molecule has 2 aromatic heterocycles. The van der Waals surface area contributed by atoms with Crippen LogP contribution in [-0.4, -0.2) is 38.9 Å². The molecule has 2 amide bonds. The maximum absolute atomic E-state index is 12.7. The first kappa shape index (κ1) is 21.2. The smallest absolute Gasteiger partial charge is 0.273 e. The van der Waals surface area contributed by atoms with Crippen molar-refractivity contribution in [2.45, 2.75) is 13.1 Å². The van der Waals surface area contributed by atoms with E-state index in [0.717, 1.165) is 10.4 Å². The van der Waals surface area contributed by atoms with Crippen molar-refractivity contribution in [3.05, 3.63) is 78.1 Å². The molecule has 4 aromatic rings. The average Bonchev–Trinajstić information content (AvgIpc) is 3.48. The number of carbonyl (C=O) groups is 2. The lowest BCUT2D eigenvalue weighted by molar-refractivity contribution is -0.116. The highest BCUT2D eigenvalue weighted by Gasteiger charge is 2.15. The zero-order valence-electron chi connectivity index (χ0n) is 17.2. The first-order valence-electron chi connectivity index (χ1n) is 9.73. The molecule has 0 radical (unpaired) electrons. The van der Waals surface area contributed by atoms with E-state index in [1.54, 1.807) is 43.8 Å². The van der Waals surface area contributed by atoms with E-state index >= 15 is 0 Å². The normalized spacial score (nSPS) is 10.5. The summed E-state index contributed by atoms with van der Waals surface area (Å²) in [4.78, 5) is 30.1. The third-order valence-electron chi connectivity index (χ3n) is 4.50. The van der Waals surface area contributed by atoms with Gasteiger partial charge in [-0.1, -0.05) is 59.0 Å². The van der Waals surface area contributed by atoms with E-state index in [0.29, 0.717) is 28.7 Å². The van der Waals surface area contributed by atoms with E-state index in [2.05, 4.69) is 25.9 Å². The summed E-state index contributed by atoms with van der Waals surface area (Å²) in [7, 11) is 1.55. The molecule has 9 nitrogen and oxygen atoms in total. The minimum Gasteiger partial charge on any atom is -0.473 e. The molecule has 2 N–H and O–H groups in total. The SMILES string of the molecule is COc1ncc(-c2cn(CC(=O)Nc3ccccc3C(=O)NCc3ccccc3)nn2)s1. The Morgan fingerprint density at radius 2 is 1.88 bits per heavy atom. The van der Waals surface area contributed by atoms with Crippen molar-refractivity contribution in [3.63, 3.8) is 0 Å². The van der Waals surface area contributed by atoms with Crippen LogP contribution < -0.4 is 15.4 Å². The molecular formula is C22H20N6O3S. The quantitative estimate of drug-likeness (QED) is 0.429. The summed E-state index contributed by atoms with van der Waals surface area (Å²) in [6, 6.07) is 16.5. The first-order chi connectivity index (χ1) is 15.6. The Morgan fingerprint density at radius 1 is 1.09 bits per heavy atom. The number of aromatic nitrogens is 4. The molecule has 0 aliphatic rings. The zero-order valence-corrected chi connectivity index (χ0v) is 18.0. The van der Waals surface area contributed by atoms with Crippen LogP contribution >= 0.6 is 11.3 Å². The predicted molar refractivity (Wildman–Crippen MR) is 120 cm³/mol. The molecule has 4 rings (SSSR count). The van der Waals surface area contributed by atoms with Gasteiger partial charge in [0.15, 0.2) is 0 Å². The standard InChI is InChI=1S/C22H20N6O3S/c1-31-22-24-12-19(32-22)18-13-28(27-26-18)14-20(29)25-17-10-6-5-9-16(17)21(30)23-11-15-7-3-2-4-8-15/h2-10,12-13H,11,14H2,1H3,(H,23,30)(H,25,29). The van der Waals surface area contributed by atoms with Gasteiger partial charge in [-0.25, -0.2) is 9.67 Å². The van der Waals surface area contributed by atoms with Crippen LogP contribution in [0.5, 0.6) is 5.19 Å². The van der Waals surface area contributed by atoms with Crippen LogP contribution in [-0.2, 0) is 17.9 Å². The fourth-order valence-corrected chi connectivity index (χ4v) is 3.64. The topological polar surface area (TPSA) is 111 Å². The fraction of sp³-hybridized carbons (Fsp3) is 0.136. The Bertz CT molecular complexity index is 1220. The number of amides is 2. The third kappa shape index (κ3) is 5.16.